The fraction of sp³-hybridized carbons (Fsp3) is 0.381. The number of thioether (sulfide) groups is 1. The van der Waals surface area contributed by atoms with Crippen molar-refractivity contribution in [2.75, 3.05) is 13.2 Å². The van der Waals surface area contributed by atoms with E-state index in [2.05, 4.69) is 56.4 Å². The Morgan fingerprint density at radius 1 is 1.08 bits per heavy atom. The van der Waals surface area contributed by atoms with Crippen LogP contribution in [0.1, 0.15) is 37.8 Å². The number of para-hydroxylation sites is 1. The van der Waals surface area contributed by atoms with Crippen LogP contribution in [0.5, 0.6) is 5.75 Å². The van der Waals surface area contributed by atoms with E-state index in [0.29, 0.717) is 19.1 Å². The van der Waals surface area contributed by atoms with Crippen molar-refractivity contribution in [2.24, 2.45) is 0 Å². The Bertz CT molecular complexity index is 683. The summed E-state index contributed by atoms with van der Waals surface area (Å²) in [4.78, 5) is 13.3. The molecule has 0 saturated heterocycles. The van der Waals surface area contributed by atoms with Gasteiger partial charge in [-0.15, -0.1) is 11.8 Å². The normalized spacial score (nSPS) is 12.0. The highest BCUT2D eigenvalue weighted by atomic mass is 32.2. The molecule has 134 valence electrons. The molecular weight excluding hydrogens is 330 g/mol. The molecular formula is C21H27NO2S. The van der Waals surface area contributed by atoms with Gasteiger partial charge >= 0.3 is 0 Å². The molecule has 0 aromatic heterocycles. The van der Waals surface area contributed by atoms with Crippen molar-refractivity contribution >= 4 is 17.7 Å². The molecule has 0 aliphatic rings. The number of nitrogens with one attached hydrogen (secondary N) is 1. The quantitative estimate of drug-likeness (QED) is 0.545. The first-order valence-corrected chi connectivity index (χ1v) is 9.58. The first kappa shape index (κ1) is 19.4. The maximum absolute atomic E-state index is 12.2. The zero-order valence-electron chi connectivity index (χ0n) is 15.4. The highest BCUT2D eigenvalue weighted by Gasteiger charge is 2.14. The number of hydrogen-bond donors (Lipinski definition) is 1. The fourth-order valence-electron chi connectivity index (χ4n) is 2.44. The van der Waals surface area contributed by atoms with Gasteiger partial charge in [-0.25, -0.2) is 0 Å². The van der Waals surface area contributed by atoms with E-state index in [9.17, 15) is 4.79 Å². The van der Waals surface area contributed by atoms with Crippen LogP contribution >= 0.6 is 11.8 Å². The molecule has 0 unspecified atom stereocenters. The third kappa shape index (κ3) is 6.13. The van der Waals surface area contributed by atoms with Gasteiger partial charge in [0.25, 0.3) is 0 Å². The summed E-state index contributed by atoms with van der Waals surface area (Å²) in [5.74, 6) is 1.34. The topological polar surface area (TPSA) is 38.3 Å². The molecule has 2 aromatic rings. The molecule has 0 fully saturated rings. The number of rotatable bonds is 8. The van der Waals surface area contributed by atoms with E-state index < -0.39 is 0 Å². The number of aryl methyl sites for hydroxylation is 1. The first-order valence-electron chi connectivity index (χ1n) is 8.70. The summed E-state index contributed by atoms with van der Waals surface area (Å²) in [6, 6.07) is 16.3. The maximum atomic E-state index is 12.2. The molecule has 4 heteroatoms. The third-order valence-corrected chi connectivity index (χ3v) is 5.01. The van der Waals surface area contributed by atoms with Gasteiger partial charge in [0.15, 0.2) is 0 Å². The number of benzene rings is 2. The molecule has 1 N–H and O–H groups in total. The second-order valence-corrected chi connectivity index (χ2v) is 7.82. The molecule has 1 amide bonds. The van der Waals surface area contributed by atoms with Crippen molar-refractivity contribution in [3.05, 3.63) is 59.7 Å². The molecule has 2 rings (SSSR count). The van der Waals surface area contributed by atoms with E-state index in [1.807, 2.05) is 25.1 Å². The maximum Gasteiger partial charge on any atom is 0.233 e. The smallest absolute Gasteiger partial charge is 0.233 e. The van der Waals surface area contributed by atoms with Crippen molar-refractivity contribution in [1.29, 1.82) is 0 Å². The van der Waals surface area contributed by atoms with Gasteiger partial charge in [0.05, 0.1) is 11.8 Å². The number of carbonyl (C=O) groups is 1. The van der Waals surface area contributed by atoms with Crippen LogP contribution in [0.25, 0.3) is 0 Å². The molecule has 0 bridgehead atoms. The Kier molecular flexibility index (Phi) is 7.38. The zero-order valence-corrected chi connectivity index (χ0v) is 16.2. The summed E-state index contributed by atoms with van der Waals surface area (Å²) in [7, 11) is 0. The fourth-order valence-corrected chi connectivity index (χ4v) is 3.33. The van der Waals surface area contributed by atoms with E-state index >= 15 is 0 Å². The van der Waals surface area contributed by atoms with Crippen molar-refractivity contribution in [1.82, 2.24) is 5.32 Å². The Balaban J connectivity index is 1.76. The average molecular weight is 358 g/mol. The van der Waals surface area contributed by atoms with Crippen molar-refractivity contribution in [3.8, 4) is 5.75 Å². The SMILES string of the molecule is Cc1ccc(S[C@H](C)C(=O)NCCOc2ccccc2C(C)C)cc1. The molecule has 2 aromatic carbocycles. The minimum absolute atomic E-state index is 0.0336. The van der Waals surface area contributed by atoms with Crippen LogP contribution in [0.2, 0.25) is 0 Å². The highest BCUT2D eigenvalue weighted by Crippen LogP contribution is 2.26. The summed E-state index contributed by atoms with van der Waals surface area (Å²) in [6.07, 6.45) is 0. The van der Waals surface area contributed by atoms with Gasteiger partial charge in [0.1, 0.15) is 12.4 Å². The van der Waals surface area contributed by atoms with E-state index in [0.717, 1.165) is 10.6 Å². The first-order chi connectivity index (χ1) is 12.0. The molecule has 3 nitrogen and oxygen atoms in total. The summed E-state index contributed by atoms with van der Waals surface area (Å²) in [5, 5.41) is 2.81. The van der Waals surface area contributed by atoms with Gasteiger partial charge in [-0.05, 0) is 43.5 Å². The number of hydrogen-bond acceptors (Lipinski definition) is 3. The van der Waals surface area contributed by atoms with E-state index in [1.165, 1.54) is 11.1 Å². The number of ether oxygens (including phenoxy) is 1. The van der Waals surface area contributed by atoms with Gasteiger partial charge in [-0.3, -0.25) is 4.79 Å². The molecule has 0 saturated carbocycles. The minimum Gasteiger partial charge on any atom is -0.491 e. The van der Waals surface area contributed by atoms with Crippen molar-refractivity contribution in [3.63, 3.8) is 0 Å². The summed E-state index contributed by atoms with van der Waals surface area (Å²) < 4.78 is 5.84. The lowest BCUT2D eigenvalue weighted by Crippen LogP contribution is -2.34. The zero-order chi connectivity index (χ0) is 18.2. The van der Waals surface area contributed by atoms with Crippen LogP contribution in [0.3, 0.4) is 0 Å². The van der Waals surface area contributed by atoms with Gasteiger partial charge in [0, 0.05) is 4.90 Å². The molecule has 0 heterocycles. The van der Waals surface area contributed by atoms with Crippen LogP contribution < -0.4 is 10.1 Å². The van der Waals surface area contributed by atoms with Crippen LogP contribution in [-0.2, 0) is 4.79 Å². The molecule has 0 spiro atoms. The summed E-state index contributed by atoms with van der Waals surface area (Å²) in [6.45, 7) is 9.25. The van der Waals surface area contributed by atoms with Gasteiger partial charge in [-0.1, -0.05) is 49.7 Å². The lowest BCUT2D eigenvalue weighted by atomic mass is 10.0. The van der Waals surface area contributed by atoms with Crippen molar-refractivity contribution in [2.45, 2.75) is 43.8 Å². The minimum atomic E-state index is -0.134. The second kappa shape index (κ2) is 9.52. The van der Waals surface area contributed by atoms with Gasteiger partial charge < -0.3 is 10.1 Å². The largest absolute Gasteiger partial charge is 0.491 e. The van der Waals surface area contributed by atoms with E-state index in [-0.39, 0.29) is 11.2 Å². The summed E-state index contributed by atoms with van der Waals surface area (Å²) in [5.41, 5.74) is 2.41. The summed E-state index contributed by atoms with van der Waals surface area (Å²) >= 11 is 1.57. The van der Waals surface area contributed by atoms with Crippen LogP contribution in [0, 0.1) is 6.92 Å². The molecule has 1 atom stereocenters. The lowest BCUT2D eigenvalue weighted by molar-refractivity contribution is -0.120. The Morgan fingerprint density at radius 2 is 1.76 bits per heavy atom. The van der Waals surface area contributed by atoms with Crippen LogP contribution in [-0.4, -0.2) is 24.3 Å². The Hall–Kier alpha value is -1.94. The number of carbonyl (C=O) groups excluding carboxylic acids is 1. The third-order valence-electron chi connectivity index (χ3n) is 3.90. The van der Waals surface area contributed by atoms with E-state index in [1.54, 1.807) is 11.8 Å². The lowest BCUT2D eigenvalue weighted by Gasteiger charge is -2.15. The number of amides is 1. The van der Waals surface area contributed by atoms with E-state index in [4.69, 9.17) is 4.74 Å². The standard InChI is InChI=1S/C21H27NO2S/c1-15(2)19-7-5-6-8-20(19)24-14-13-22-21(23)17(4)25-18-11-9-16(3)10-12-18/h5-12,15,17H,13-14H2,1-4H3,(H,22,23)/t17-/m1/s1. The van der Waals surface area contributed by atoms with Crippen LogP contribution in [0.4, 0.5) is 0 Å². The molecule has 0 radical (unpaired) electrons. The predicted molar refractivity (Wildman–Crippen MR) is 106 cm³/mol. The highest BCUT2D eigenvalue weighted by molar-refractivity contribution is 8.00. The Labute approximate surface area is 155 Å². The molecule has 25 heavy (non-hydrogen) atoms. The van der Waals surface area contributed by atoms with Gasteiger partial charge in [-0.2, -0.15) is 0 Å². The second-order valence-electron chi connectivity index (χ2n) is 6.41. The van der Waals surface area contributed by atoms with Gasteiger partial charge in [0.2, 0.25) is 5.91 Å². The monoisotopic (exact) mass is 357 g/mol. The predicted octanol–water partition coefficient (Wildman–Crippen LogP) is 4.79. The molecule has 0 aliphatic heterocycles. The van der Waals surface area contributed by atoms with Crippen LogP contribution in [0.15, 0.2) is 53.4 Å². The average Bonchev–Trinajstić information content (AvgIpc) is 2.60. The van der Waals surface area contributed by atoms with Crippen molar-refractivity contribution < 1.29 is 9.53 Å². The Morgan fingerprint density at radius 3 is 2.44 bits per heavy atom. The molecule has 0 aliphatic carbocycles.